The summed E-state index contributed by atoms with van der Waals surface area (Å²) in [5, 5.41) is 21.9. The van der Waals surface area contributed by atoms with E-state index in [2.05, 4.69) is 18.2 Å². The molecule has 0 atom stereocenters. The number of nitrogens with zero attached hydrogens (tertiary/aromatic N) is 4. The lowest BCUT2D eigenvalue weighted by molar-refractivity contribution is 0.0926. The molecule has 0 fully saturated rings. The molecular formula is C52H30N4O2. The van der Waals surface area contributed by atoms with E-state index in [4.69, 9.17) is 0 Å². The maximum absolute atomic E-state index is 15.1. The first-order valence-electron chi connectivity index (χ1n) is 18.9. The molecule has 6 heteroatoms. The Morgan fingerprint density at radius 2 is 0.879 bits per heavy atom. The molecule has 0 saturated heterocycles. The number of anilines is 1. The van der Waals surface area contributed by atoms with Gasteiger partial charge in [-0.2, -0.15) is 10.5 Å². The summed E-state index contributed by atoms with van der Waals surface area (Å²) < 4.78 is 2.05. The van der Waals surface area contributed by atoms with E-state index in [-0.39, 0.29) is 0 Å². The van der Waals surface area contributed by atoms with Crippen LogP contribution in [0.5, 0.6) is 0 Å². The van der Waals surface area contributed by atoms with Crippen molar-refractivity contribution in [2.45, 2.75) is 0 Å². The van der Waals surface area contributed by atoms with Crippen LogP contribution in [0.1, 0.15) is 31.8 Å². The Bertz CT molecular complexity index is 3070. The number of fused-ring (bicyclic) bond motifs is 4. The molecule has 1 aliphatic heterocycles. The van der Waals surface area contributed by atoms with Gasteiger partial charge in [0.1, 0.15) is 0 Å². The lowest BCUT2D eigenvalue weighted by Gasteiger charge is -2.18. The highest BCUT2D eigenvalue weighted by Crippen LogP contribution is 2.42. The van der Waals surface area contributed by atoms with Crippen LogP contribution in [0.2, 0.25) is 0 Å². The smallest absolute Gasteiger partial charge is 0.268 e. The van der Waals surface area contributed by atoms with Crippen molar-refractivity contribution in [2.75, 3.05) is 4.90 Å². The van der Waals surface area contributed by atoms with E-state index in [0.717, 1.165) is 66.3 Å². The molecule has 6 nitrogen and oxygen atoms in total. The summed E-state index contributed by atoms with van der Waals surface area (Å²) in [4.78, 5) is 31.0. The van der Waals surface area contributed by atoms with E-state index >= 15 is 4.79 Å². The predicted octanol–water partition coefficient (Wildman–Crippen LogP) is 12.0. The van der Waals surface area contributed by atoms with E-state index in [1.807, 2.05) is 162 Å². The van der Waals surface area contributed by atoms with Crippen molar-refractivity contribution in [3.05, 3.63) is 204 Å². The highest BCUT2D eigenvalue weighted by Gasteiger charge is 2.40. The summed E-state index contributed by atoms with van der Waals surface area (Å²) in [6.07, 6.45) is 0. The average molecular weight is 743 g/mol. The lowest BCUT2D eigenvalue weighted by atomic mass is 9.97. The fourth-order valence-electron chi connectivity index (χ4n) is 8.30. The summed E-state index contributed by atoms with van der Waals surface area (Å²) in [7, 11) is 0. The number of benzene rings is 8. The van der Waals surface area contributed by atoms with Crippen LogP contribution in [0.3, 0.4) is 0 Å². The van der Waals surface area contributed by atoms with Gasteiger partial charge in [0.05, 0.1) is 56.8 Å². The van der Waals surface area contributed by atoms with Crippen molar-refractivity contribution in [1.82, 2.24) is 4.57 Å². The standard InChI is InChI=1S/C52H30N4O2/c53-31-37-16-7-9-18-42(37)35-22-24-44-45-25-23-36(43-19-10-8-17-38(43)32-54)30-49(45)56(48(44)29-35)47-21-11-20-46-50(47)52(58)55(51(46)57)41-27-39(33-12-3-1-4-13-33)26-40(28-41)34-14-5-2-6-15-34/h1-30H. The Labute approximate surface area is 334 Å². The third-order valence-electron chi connectivity index (χ3n) is 11.0. The second kappa shape index (κ2) is 13.8. The van der Waals surface area contributed by atoms with Crippen LogP contribution in [0, 0.1) is 22.7 Å². The Morgan fingerprint density at radius 1 is 0.397 bits per heavy atom. The van der Waals surface area contributed by atoms with Gasteiger partial charge in [-0.3, -0.25) is 9.59 Å². The maximum atomic E-state index is 15.1. The molecule has 2 heterocycles. The van der Waals surface area contributed by atoms with E-state index < -0.39 is 11.8 Å². The topological polar surface area (TPSA) is 89.9 Å². The van der Waals surface area contributed by atoms with Crippen LogP contribution in [0.4, 0.5) is 5.69 Å². The fraction of sp³-hybridized carbons (Fsp3) is 0. The molecule has 1 aliphatic rings. The number of imide groups is 1. The zero-order valence-corrected chi connectivity index (χ0v) is 30.9. The molecule has 0 saturated carbocycles. The number of hydrogen-bond donors (Lipinski definition) is 0. The van der Waals surface area contributed by atoms with Crippen LogP contribution in [-0.4, -0.2) is 16.4 Å². The van der Waals surface area contributed by atoms with Crippen molar-refractivity contribution in [3.63, 3.8) is 0 Å². The summed E-state index contributed by atoms with van der Waals surface area (Å²) in [5.74, 6) is -0.828. The van der Waals surface area contributed by atoms with Gasteiger partial charge in [0, 0.05) is 10.8 Å². The zero-order valence-electron chi connectivity index (χ0n) is 30.9. The molecule has 0 bridgehead atoms. The van der Waals surface area contributed by atoms with Gasteiger partial charge in [-0.25, -0.2) is 4.90 Å². The molecule has 58 heavy (non-hydrogen) atoms. The average Bonchev–Trinajstić information content (AvgIpc) is 3.75. The molecule has 2 amide bonds. The molecule has 10 rings (SSSR count). The molecule has 0 aliphatic carbocycles. The van der Waals surface area contributed by atoms with Gasteiger partial charge >= 0.3 is 0 Å². The minimum atomic E-state index is -0.424. The van der Waals surface area contributed by atoms with Crippen molar-refractivity contribution in [3.8, 4) is 62.3 Å². The Balaban J connectivity index is 1.21. The quantitative estimate of drug-likeness (QED) is 0.159. The number of hydrogen-bond acceptors (Lipinski definition) is 4. The van der Waals surface area contributed by atoms with Gasteiger partial charge < -0.3 is 4.57 Å². The minimum absolute atomic E-state index is 0.295. The van der Waals surface area contributed by atoms with E-state index in [1.54, 1.807) is 18.2 Å². The number of carbonyl (C=O) groups is 2. The number of carbonyl (C=O) groups excluding carboxylic acids is 2. The Morgan fingerprint density at radius 3 is 1.40 bits per heavy atom. The lowest BCUT2D eigenvalue weighted by Crippen LogP contribution is -2.29. The van der Waals surface area contributed by atoms with Crippen molar-refractivity contribution < 1.29 is 9.59 Å². The van der Waals surface area contributed by atoms with Gasteiger partial charge in [-0.05, 0) is 99.1 Å². The normalized spacial score (nSPS) is 12.1. The molecule has 8 aromatic carbocycles. The highest BCUT2D eigenvalue weighted by molar-refractivity contribution is 6.36. The Hall–Kier alpha value is -8.32. The third-order valence-corrected chi connectivity index (χ3v) is 11.0. The monoisotopic (exact) mass is 742 g/mol. The molecule has 0 unspecified atom stereocenters. The summed E-state index contributed by atoms with van der Waals surface area (Å²) >= 11 is 0. The van der Waals surface area contributed by atoms with Gasteiger partial charge in [0.25, 0.3) is 11.8 Å². The first-order chi connectivity index (χ1) is 28.5. The van der Waals surface area contributed by atoms with Gasteiger partial charge in [-0.15, -0.1) is 0 Å². The number of amides is 2. The van der Waals surface area contributed by atoms with Crippen molar-refractivity contribution >= 4 is 39.3 Å². The molecule has 0 radical (unpaired) electrons. The molecule has 1 aromatic heterocycles. The molecule has 270 valence electrons. The number of aromatic nitrogens is 1. The largest absolute Gasteiger partial charge is 0.308 e. The zero-order chi connectivity index (χ0) is 39.3. The van der Waals surface area contributed by atoms with Crippen LogP contribution >= 0.6 is 0 Å². The SMILES string of the molecule is N#Cc1ccccc1-c1ccc2c3ccc(-c4ccccc4C#N)cc3n(-c3cccc4c3C(=O)N(c3cc(-c5ccccc5)cc(-c5ccccc5)c3)C4=O)c2c1. The first kappa shape index (κ1) is 34.2. The second-order valence-corrected chi connectivity index (χ2v) is 14.3. The summed E-state index contributed by atoms with van der Waals surface area (Å²) in [6, 6.07) is 63.0. The summed E-state index contributed by atoms with van der Waals surface area (Å²) in [6.45, 7) is 0. The van der Waals surface area contributed by atoms with Crippen molar-refractivity contribution in [1.29, 1.82) is 10.5 Å². The highest BCUT2D eigenvalue weighted by atomic mass is 16.2. The fourth-order valence-corrected chi connectivity index (χ4v) is 8.30. The Kier molecular flexibility index (Phi) is 8.11. The first-order valence-corrected chi connectivity index (χ1v) is 18.9. The molecule has 0 N–H and O–H groups in total. The van der Waals surface area contributed by atoms with Gasteiger partial charge in [0.15, 0.2) is 0 Å². The van der Waals surface area contributed by atoms with Crippen LogP contribution in [-0.2, 0) is 0 Å². The van der Waals surface area contributed by atoms with Crippen LogP contribution in [0.15, 0.2) is 182 Å². The van der Waals surface area contributed by atoms with E-state index in [9.17, 15) is 15.3 Å². The maximum Gasteiger partial charge on any atom is 0.268 e. The summed E-state index contributed by atoms with van der Waals surface area (Å²) in [5.41, 5.74) is 11.3. The van der Waals surface area contributed by atoms with E-state index in [0.29, 0.717) is 33.6 Å². The second-order valence-electron chi connectivity index (χ2n) is 14.3. The molecular weight excluding hydrogens is 713 g/mol. The van der Waals surface area contributed by atoms with Gasteiger partial charge in [-0.1, -0.05) is 127 Å². The van der Waals surface area contributed by atoms with Crippen molar-refractivity contribution in [2.24, 2.45) is 0 Å². The number of nitriles is 2. The minimum Gasteiger partial charge on any atom is -0.308 e. The van der Waals surface area contributed by atoms with E-state index in [1.165, 1.54) is 4.90 Å². The van der Waals surface area contributed by atoms with Crippen LogP contribution < -0.4 is 4.90 Å². The van der Waals surface area contributed by atoms with Crippen LogP contribution in [0.25, 0.3) is 72.0 Å². The predicted molar refractivity (Wildman–Crippen MR) is 230 cm³/mol. The third kappa shape index (κ3) is 5.48. The number of rotatable bonds is 6. The molecule has 9 aromatic rings. The molecule has 0 spiro atoms. The van der Waals surface area contributed by atoms with Gasteiger partial charge in [0.2, 0.25) is 0 Å².